The molecule has 0 aliphatic heterocycles. The number of carbonyl (C=O) groups excluding carboxylic acids is 2. The minimum atomic E-state index is -0.658. The number of methoxy groups -OCH3 is 1. The van der Waals surface area contributed by atoms with Crippen LogP contribution in [0.4, 0.5) is 5.00 Å². The van der Waals surface area contributed by atoms with Gasteiger partial charge in [-0.1, -0.05) is 24.3 Å². The van der Waals surface area contributed by atoms with Crippen LogP contribution in [0.2, 0.25) is 0 Å². The first-order chi connectivity index (χ1) is 12.6. The molecule has 0 spiro atoms. The number of thiophene rings is 1. The van der Waals surface area contributed by atoms with Crippen LogP contribution in [0.15, 0.2) is 47.8 Å². The molecule has 0 aliphatic rings. The Morgan fingerprint density at radius 2 is 1.92 bits per heavy atom. The number of carbonyl (C=O) groups is 2. The van der Waals surface area contributed by atoms with Gasteiger partial charge in [-0.15, -0.1) is 11.3 Å². The highest BCUT2D eigenvalue weighted by Gasteiger charge is 2.17. The Morgan fingerprint density at radius 3 is 2.62 bits per heavy atom. The van der Waals surface area contributed by atoms with Gasteiger partial charge in [-0.3, -0.25) is 4.79 Å². The minimum Gasteiger partial charge on any atom is -0.496 e. The highest BCUT2D eigenvalue weighted by Crippen LogP contribution is 2.26. The predicted octanol–water partition coefficient (Wildman–Crippen LogP) is 3.58. The van der Waals surface area contributed by atoms with Crippen LogP contribution in [0.5, 0.6) is 5.75 Å². The maximum Gasteiger partial charge on any atom is 0.342 e. The van der Waals surface area contributed by atoms with Crippen LogP contribution in [0.25, 0.3) is 10.8 Å². The first kappa shape index (κ1) is 17.5. The number of nitrogens with one attached hydrogen (secondary N) is 1. The van der Waals surface area contributed by atoms with Gasteiger partial charge >= 0.3 is 5.97 Å². The zero-order valence-corrected chi connectivity index (χ0v) is 14.6. The van der Waals surface area contributed by atoms with Crippen molar-refractivity contribution < 1.29 is 19.1 Å². The van der Waals surface area contributed by atoms with E-state index in [1.165, 1.54) is 18.4 Å². The topological polar surface area (TPSA) is 88.4 Å². The summed E-state index contributed by atoms with van der Waals surface area (Å²) in [5.74, 6) is -0.800. The van der Waals surface area contributed by atoms with Crippen LogP contribution in [0.3, 0.4) is 0 Å². The maximum atomic E-state index is 12.4. The van der Waals surface area contributed by atoms with E-state index in [1.807, 2.05) is 30.3 Å². The summed E-state index contributed by atoms with van der Waals surface area (Å²) >= 11 is 1.23. The summed E-state index contributed by atoms with van der Waals surface area (Å²) in [6.45, 7) is -0.461. The van der Waals surface area contributed by atoms with Crippen molar-refractivity contribution in [2.24, 2.45) is 0 Å². The first-order valence-corrected chi connectivity index (χ1v) is 8.51. The first-order valence-electron chi connectivity index (χ1n) is 7.63. The number of esters is 1. The van der Waals surface area contributed by atoms with E-state index < -0.39 is 18.5 Å². The largest absolute Gasteiger partial charge is 0.496 e. The fourth-order valence-electron chi connectivity index (χ4n) is 2.41. The van der Waals surface area contributed by atoms with Gasteiger partial charge in [0.1, 0.15) is 22.4 Å². The molecule has 0 fully saturated rings. The molecule has 0 atom stereocenters. The van der Waals surface area contributed by atoms with Crippen molar-refractivity contribution in [1.29, 1.82) is 5.26 Å². The predicted molar refractivity (Wildman–Crippen MR) is 98.4 cm³/mol. The van der Waals surface area contributed by atoms with Crippen LogP contribution in [-0.2, 0) is 9.53 Å². The third-order valence-corrected chi connectivity index (χ3v) is 4.49. The number of benzene rings is 2. The number of fused-ring (bicyclic) bond motifs is 1. The molecule has 0 radical (unpaired) electrons. The summed E-state index contributed by atoms with van der Waals surface area (Å²) in [5, 5.41) is 15.4. The van der Waals surface area contributed by atoms with Crippen LogP contribution < -0.4 is 10.1 Å². The molecule has 6 nitrogen and oxygen atoms in total. The molecule has 3 rings (SSSR count). The summed E-state index contributed by atoms with van der Waals surface area (Å²) in [6.07, 6.45) is 0. The van der Waals surface area contributed by atoms with Gasteiger partial charge in [0.2, 0.25) is 0 Å². The van der Waals surface area contributed by atoms with Crippen molar-refractivity contribution in [3.8, 4) is 11.8 Å². The highest BCUT2D eigenvalue weighted by molar-refractivity contribution is 7.14. The third kappa shape index (κ3) is 3.66. The SMILES string of the molecule is COc1cc2ccccc2cc1C(=O)OCC(=O)Nc1sccc1C#N. The van der Waals surface area contributed by atoms with Crippen LogP contribution >= 0.6 is 11.3 Å². The zero-order chi connectivity index (χ0) is 18.5. The van der Waals surface area contributed by atoms with Crippen molar-refractivity contribution >= 4 is 39.0 Å². The van der Waals surface area contributed by atoms with Gasteiger partial charge in [0.25, 0.3) is 5.91 Å². The molecule has 7 heteroatoms. The summed E-state index contributed by atoms with van der Waals surface area (Å²) in [5.41, 5.74) is 0.610. The second kappa shape index (κ2) is 7.68. The van der Waals surface area contributed by atoms with Crippen molar-refractivity contribution in [2.45, 2.75) is 0 Å². The van der Waals surface area contributed by atoms with Gasteiger partial charge in [-0.2, -0.15) is 5.26 Å². The molecule has 0 saturated carbocycles. The third-order valence-electron chi connectivity index (χ3n) is 3.66. The molecule has 0 bridgehead atoms. The van der Waals surface area contributed by atoms with Gasteiger partial charge in [-0.05, 0) is 34.4 Å². The second-order valence-corrected chi connectivity index (χ2v) is 6.22. The molecule has 0 saturated heterocycles. The Hall–Kier alpha value is -3.37. The highest BCUT2D eigenvalue weighted by atomic mass is 32.1. The van der Waals surface area contributed by atoms with Gasteiger partial charge in [-0.25, -0.2) is 4.79 Å². The molecule has 2 aromatic carbocycles. The molecule has 1 amide bonds. The van der Waals surface area contributed by atoms with E-state index in [0.29, 0.717) is 16.3 Å². The Balaban J connectivity index is 1.71. The van der Waals surface area contributed by atoms with E-state index in [9.17, 15) is 9.59 Å². The number of anilines is 1. The number of rotatable bonds is 5. The van der Waals surface area contributed by atoms with E-state index in [4.69, 9.17) is 14.7 Å². The Morgan fingerprint density at radius 1 is 1.19 bits per heavy atom. The van der Waals surface area contributed by atoms with E-state index in [0.717, 1.165) is 10.8 Å². The lowest BCUT2D eigenvalue weighted by atomic mass is 10.1. The molecule has 0 aliphatic carbocycles. The van der Waals surface area contributed by atoms with Crippen molar-refractivity contribution in [2.75, 3.05) is 19.0 Å². The number of hydrogen-bond acceptors (Lipinski definition) is 6. The van der Waals surface area contributed by atoms with E-state index in [2.05, 4.69) is 5.32 Å². The van der Waals surface area contributed by atoms with Crippen LogP contribution in [0, 0.1) is 11.3 Å². The molecular weight excluding hydrogens is 352 g/mol. The summed E-state index contributed by atoms with van der Waals surface area (Å²) in [7, 11) is 1.47. The van der Waals surface area contributed by atoms with Crippen molar-refractivity contribution in [1.82, 2.24) is 0 Å². The fraction of sp³-hybridized carbons (Fsp3) is 0.105. The summed E-state index contributed by atoms with van der Waals surface area (Å²) < 4.78 is 10.4. The van der Waals surface area contributed by atoms with E-state index in [-0.39, 0.29) is 5.56 Å². The number of nitriles is 1. The monoisotopic (exact) mass is 366 g/mol. The van der Waals surface area contributed by atoms with Gasteiger partial charge in [0.05, 0.1) is 12.7 Å². The summed E-state index contributed by atoms with van der Waals surface area (Å²) in [4.78, 5) is 24.3. The van der Waals surface area contributed by atoms with E-state index >= 15 is 0 Å². The zero-order valence-electron chi connectivity index (χ0n) is 13.8. The lowest BCUT2D eigenvalue weighted by Gasteiger charge is -2.10. The average Bonchev–Trinajstić information content (AvgIpc) is 3.12. The Bertz CT molecular complexity index is 1020. The fourth-order valence-corrected chi connectivity index (χ4v) is 3.17. The molecule has 0 unspecified atom stereocenters. The number of hydrogen-bond donors (Lipinski definition) is 1. The lowest BCUT2D eigenvalue weighted by molar-refractivity contribution is -0.119. The molecule has 1 aromatic heterocycles. The molecule has 1 heterocycles. The second-order valence-electron chi connectivity index (χ2n) is 5.30. The lowest BCUT2D eigenvalue weighted by Crippen LogP contribution is -2.21. The van der Waals surface area contributed by atoms with Crippen molar-refractivity contribution in [3.63, 3.8) is 0 Å². The smallest absolute Gasteiger partial charge is 0.342 e. The number of ether oxygens (including phenoxy) is 2. The van der Waals surface area contributed by atoms with Gasteiger partial charge < -0.3 is 14.8 Å². The Labute approximate surface area is 153 Å². The number of nitrogens with zero attached hydrogens (tertiary/aromatic N) is 1. The minimum absolute atomic E-state index is 0.243. The standard InChI is InChI=1S/C19H14N2O4S/c1-24-16-9-13-5-3-2-4-12(13)8-15(16)19(23)25-11-17(22)21-18-14(10-20)6-7-26-18/h2-9H,11H2,1H3,(H,21,22). The molecular formula is C19H14N2O4S. The quantitative estimate of drug-likeness (QED) is 0.697. The number of amides is 1. The Kier molecular flexibility index (Phi) is 5.15. The summed E-state index contributed by atoms with van der Waals surface area (Å²) in [6, 6.07) is 14.5. The molecule has 130 valence electrons. The van der Waals surface area contributed by atoms with Gasteiger partial charge in [0.15, 0.2) is 6.61 Å². The maximum absolute atomic E-state index is 12.4. The van der Waals surface area contributed by atoms with Crippen molar-refractivity contribution in [3.05, 3.63) is 59.0 Å². The normalized spacial score (nSPS) is 10.2. The molecule has 3 aromatic rings. The van der Waals surface area contributed by atoms with Gasteiger partial charge in [0, 0.05) is 0 Å². The van der Waals surface area contributed by atoms with Crippen LogP contribution in [-0.4, -0.2) is 25.6 Å². The average molecular weight is 366 g/mol. The molecule has 1 N–H and O–H groups in total. The van der Waals surface area contributed by atoms with E-state index in [1.54, 1.807) is 23.6 Å². The molecule has 26 heavy (non-hydrogen) atoms. The van der Waals surface area contributed by atoms with Crippen LogP contribution in [0.1, 0.15) is 15.9 Å².